The number of hydrogen-bond acceptors (Lipinski definition) is 5. The van der Waals surface area contributed by atoms with Crippen LogP contribution in [0, 0.1) is 6.92 Å². The summed E-state index contributed by atoms with van der Waals surface area (Å²) in [6.07, 6.45) is 0. The molecule has 1 aromatic heterocycles. The minimum Gasteiger partial charge on any atom is -0.462 e. The molecule has 0 spiro atoms. The predicted octanol–water partition coefficient (Wildman–Crippen LogP) is 5.21. The summed E-state index contributed by atoms with van der Waals surface area (Å²) < 4.78 is 5.20. The first-order chi connectivity index (χ1) is 12.6. The van der Waals surface area contributed by atoms with E-state index in [4.69, 9.17) is 4.74 Å². The van der Waals surface area contributed by atoms with Crippen LogP contribution in [0.25, 0.3) is 0 Å². The predicted molar refractivity (Wildman–Crippen MR) is 105 cm³/mol. The lowest BCUT2D eigenvalue weighted by Crippen LogP contribution is -2.08. The van der Waals surface area contributed by atoms with E-state index in [9.17, 15) is 9.59 Å². The lowest BCUT2D eigenvalue weighted by Gasteiger charge is -2.07. The molecule has 5 heteroatoms. The minimum atomic E-state index is -0.424. The van der Waals surface area contributed by atoms with Gasteiger partial charge >= 0.3 is 5.97 Å². The van der Waals surface area contributed by atoms with Gasteiger partial charge in [0.1, 0.15) is 5.00 Å². The molecule has 0 aliphatic carbocycles. The summed E-state index contributed by atoms with van der Waals surface area (Å²) >= 11 is 1.28. The van der Waals surface area contributed by atoms with Crippen molar-refractivity contribution in [2.45, 2.75) is 13.8 Å². The number of esters is 1. The number of anilines is 2. The lowest BCUT2D eigenvalue weighted by molar-refractivity contribution is 0.0527. The first-order valence-corrected chi connectivity index (χ1v) is 9.15. The number of benzene rings is 2. The number of carbonyl (C=O) groups is 2. The molecule has 0 fully saturated rings. The highest BCUT2D eigenvalue weighted by atomic mass is 32.1. The first-order valence-electron chi connectivity index (χ1n) is 8.34. The molecule has 3 aromatic rings. The van der Waals surface area contributed by atoms with E-state index >= 15 is 0 Å². The number of ketones is 1. The summed E-state index contributed by atoms with van der Waals surface area (Å²) in [6.45, 7) is 3.83. The number of carbonyl (C=O) groups excluding carboxylic acids is 2. The number of thiophene rings is 1. The maximum Gasteiger partial charge on any atom is 0.341 e. The zero-order valence-electron chi connectivity index (χ0n) is 14.6. The molecule has 1 N–H and O–H groups in total. The third kappa shape index (κ3) is 3.68. The van der Waals surface area contributed by atoms with Crippen LogP contribution < -0.4 is 5.32 Å². The van der Waals surface area contributed by atoms with Gasteiger partial charge < -0.3 is 10.1 Å². The van der Waals surface area contributed by atoms with E-state index < -0.39 is 5.97 Å². The fourth-order valence-electron chi connectivity index (χ4n) is 2.64. The van der Waals surface area contributed by atoms with Crippen molar-refractivity contribution in [3.63, 3.8) is 0 Å². The van der Waals surface area contributed by atoms with Crippen molar-refractivity contribution in [2.24, 2.45) is 0 Å². The van der Waals surface area contributed by atoms with Gasteiger partial charge in [0.05, 0.1) is 17.0 Å². The van der Waals surface area contributed by atoms with Gasteiger partial charge in [0.2, 0.25) is 5.78 Å². The molecule has 4 nitrogen and oxygen atoms in total. The van der Waals surface area contributed by atoms with Crippen molar-refractivity contribution in [1.29, 1.82) is 0 Å². The number of ether oxygens (including phenoxy) is 1. The van der Waals surface area contributed by atoms with Crippen LogP contribution in [-0.4, -0.2) is 18.4 Å². The summed E-state index contributed by atoms with van der Waals surface area (Å²) in [6, 6.07) is 18.6. The van der Waals surface area contributed by atoms with Gasteiger partial charge in [-0.2, -0.15) is 0 Å². The Morgan fingerprint density at radius 2 is 1.62 bits per heavy atom. The molecule has 1 heterocycles. The fourth-order valence-corrected chi connectivity index (χ4v) is 3.82. The molecule has 0 saturated carbocycles. The zero-order chi connectivity index (χ0) is 18.5. The molecule has 2 aromatic carbocycles. The number of nitrogens with one attached hydrogen (secondary N) is 1. The van der Waals surface area contributed by atoms with Crippen LogP contribution in [0.1, 0.15) is 38.1 Å². The Morgan fingerprint density at radius 1 is 1.00 bits per heavy atom. The van der Waals surface area contributed by atoms with Gasteiger partial charge in [-0.25, -0.2) is 4.79 Å². The van der Waals surface area contributed by atoms with Crippen molar-refractivity contribution >= 4 is 33.8 Å². The summed E-state index contributed by atoms with van der Waals surface area (Å²) in [5.74, 6) is -0.522. The van der Waals surface area contributed by atoms with E-state index in [-0.39, 0.29) is 12.4 Å². The van der Waals surface area contributed by atoms with Crippen molar-refractivity contribution in [3.8, 4) is 0 Å². The smallest absolute Gasteiger partial charge is 0.341 e. The molecule has 0 bridgehead atoms. The molecule has 0 amide bonds. The number of rotatable bonds is 6. The molecule has 3 rings (SSSR count). The van der Waals surface area contributed by atoms with Crippen LogP contribution in [0.15, 0.2) is 60.7 Å². The van der Waals surface area contributed by atoms with Crippen LogP contribution in [0.2, 0.25) is 0 Å². The molecule has 132 valence electrons. The van der Waals surface area contributed by atoms with Crippen LogP contribution >= 0.6 is 11.3 Å². The third-order valence-electron chi connectivity index (χ3n) is 3.90. The minimum absolute atomic E-state index is 0.0974. The van der Waals surface area contributed by atoms with Crippen LogP contribution in [0.4, 0.5) is 10.7 Å². The highest BCUT2D eigenvalue weighted by molar-refractivity contribution is 7.18. The molecule has 0 atom stereocenters. The van der Waals surface area contributed by atoms with Gasteiger partial charge in [-0.15, -0.1) is 11.3 Å². The zero-order valence-corrected chi connectivity index (χ0v) is 15.4. The van der Waals surface area contributed by atoms with Gasteiger partial charge in [-0.3, -0.25) is 4.79 Å². The van der Waals surface area contributed by atoms with Crippen LogP contribution in [0.5, 0.6) is 0 Å². The van der Waals surface area contributed by atoms with Crippen molar-refractivity contribution in [3.05, 3.63) is 82.2 Å². The maximum absolute atomic E-state index is 12.9. The van der Waals surface area contributed by atoms with E-state index in [1.165, 1.54) is 11.3 Å². The van der Waals surface area contributed by atoms with Gasteiger partial charge in [-0.05, 0) is 31.5 Å². The summed E-state index contributed by atoms with van der Waals surface area (Å²) in [4.78, 5) is 25.9. The normalized spacial score (nSPS) is 10.4. The summed E-state index contributed by atoms with van der Waals surface area (Å²) in [5, 5.41) is 3.86. The second kappa shape index (κ2) is 7.97. The molecular weight excluding hydrogens is 346 g/mol. The van der Waals surface area contributed by atoms with Crippen LogP contribution in [0.3, 0.4) is 0 Å². The van der Waals surface area contributed by atoms with Crippen molar-refractivity contribution < 1.29 is 14.3 Å². The Bertz CT molecular complexity index is 917. The molecule has 0 unspecified atom stereocenters. The Hall–Kier alpha value is -2.92. The second-order valence-electron chi connectivity index (χ2n) is 5.67. The van der Waals surface area contributed by atoms with Gasteiger partial charge in [-0.1, -0.05) is 48.5 Å². The Kier molecular flexibility index (Phi) is 5.49. The van der Waals surface area contributed by atoms with Gasteiger partial charge in [0, 0.05) is 11.3 Å². The summed E-state index contributed by atoms with van der Waals surface area (Å²) in [5.41, 5.74) is 2.50. The van der Waals surface area contributed by atoms with E-state index in [1.54, 1.807) is 26.0 Å². The average Bonchev–Trinajstić information content (AvgIpc) is 2.99. The molecule has 0 aliphatic heterocycles. The van der Waals surface area contributed by atoms with Crippen molar-refractivity contribution in [2.75, 3.05) is 11.9 Å². The third-order valence-corrected chi connectivity index (χ3v) is 5.11. The number of para-hydroxylation sites is 1. The largest absolute Gasteiger partial charge is 0.462 e. The molecule has 0 saturated heterocycles. The average molecular weight is 365 g/mol. The van der Waals surface area contributed by atoms with Crippen molar-refractivity contribution in [1.82, 2.24) is 0 Å². The highest BCUT2D eigenvalue weighted by Gasteiger charge is 2.26. The lowest BCUT2D eigenvalue weighted by atomic mass is 10.0. The molecule has 26 heavy (non-hydrogen) atoms. The Labute approximate surface area is 156 Å². The van der Waals surface area contributed by atoms with Gasteiger partial charge in [0.25, 0.3) is 0 Å². The molecule has 0 aliphatic rings. The van der Waals surface area contributed by atoms with E-state index in [2.05, 4.69) is 5.32 Å². The van der Waals surface area contributed by atoms with E-state index in [1.807, 2.05) is 48.5 Å². The van der Waals surface area contributed by atoms with Gasteiger partial charge in [0.15, 0.2) is 0 Å². The van der Waals surface area contributed by atoms with Crippen LogP contribution in [-0.2, 0) is 4.74 Å². The fraction of sp³-hybridized carbons (Fsp3) is 0.143. The topological polar surface area (TPSA) is 55.4 Å². The Morgan fingerprint density at radius 3 is 2.23 bits per heavy atom. The second-order valence-corrected chi connectivity index (χ2v) is 6.69. The summed E-state index contributed by atoms with van der Waals surface area (Å²) in [7, 11) is 0. The molecule has 0 radical (unpaired) electrons. The monoisotopic (exact) mass is 365 g/mol. The molecular formula is C21H19NO3S. The standard InChI is InChI=1S/C21H19NO3S/c1-3-25-21(24)17-14(2)19(18(23)15-10-6-4-7-11-15)26-20(17)22-16-12-8-5-9-13-16/h4-13,22H,3H2,1-2H3. The highest BCUT2D eigenvalue weighted by Crippen LogP contribution is 2.36. The number of hydrogen-bond donors (Lipinski definition) is 1. The van der Waals surface area contributed by atoms with E-state index in [0.29, 0.717) is 26.6 Å². The van der Waals surface area contributed by atoms with E-state index in [0.717, 1.165) is 5.69 Å². The Balaban J connectivity index is 2.05. The maximum atomic E-state index is 12.9. The quantitative estimate of drug-likeness (QED) is 0.481. The SMILES string of the molecule is CCOC(=O)c1c(Nc2ccccc2)sc(C(=O)c2ccccc2)c1C. The first kappa shape index (κ1) is 17.9.